The number of carbonyl (C=O) groups is 1. The van der Waals surface area contributed by atoms with Gasteiger partial charge in [-0.25, -0.2) is 13.6 Å². The minimum atomic E-state index is -3.89. The number of aliphatic hydroxyl groups excluding tert-OH is 2. The fraction of sp³-hybridized carbons (Fsp3) is 0.667. The van der Waals surface area contributed by atoms with Crippen LogP contribution >= 0.6 is 19.5 Å². The van der Waals surface area contributed by atoms with E-state index in [4.69, 9.17) is 13.8 Å². The second-order valence-electron chi connectivity index (χ2n) is 7.31. The maximum Gasteiger partial charge on any atom is 0.407 e. The molecule has 2 rings (SSSR count). The molecule has 2 unspecified atom stereocenters. The number of hydrogen-bond donors (Lipinski definition) is 3. The van der Waals surface area contributed by atoms with Crippen molar-refractivity contribution in [3.05, 3.63) is 24.7 Å². The Morgan fingerprint density at radius 3 is 2.72 bits per heavy atom. The Kier molecular flexibility index (Phi) is 9.44. The van der Waals surface area contributed by atoms with E-state index in [1.807, 2.05) is 0 Å². The number of nitrogens with one attached hydrogen (secondary N) is 1. The minimum absolute atomic E-state index is 0.0532. The molecule has 0 aliphatic carbocycles. The van der Waals surface area contributed by atoms with Gasteiger partial charge < -0.3 is 25.2 Å². The van der Waals surface area contributed by atoms with Crippen molar-refractivity contribution >= 4 is 30.5 Å². The van der Waals surface area contributed by atoms with E-state index in [0.29, 0.717) is 11.7 Å². The number of thioether (sulfide) groups is 1. The molecule has 0 amide bonds. The fourth-order valence-corrected chi connectivity index (χ4v) is 4.82. The quantitative estimate of drug-likeness (QED) is 0.291. The van der Waals surface area contributed by atoms with E-state index in [1.54, 1.807) is 13.1 Å². The van der Waals surface area contributed by atoms with Crippen molar-refractivity contribution in [1.29, 1.82) is 0 Å². The molecule has 0 aromatic rings. The molecule has 32 heavy (non-hydrogen) atoms. The standard InChI is InChI=1S/C18H30FN4O7PS/c1-12-21-14(20-3)6-7-23(12)17-15(25)16(26)18(10-19,30-17)11-29-31(27,22(4)5)28-8-9-32-13(2)24/h6-7,15-17,25-26H,1,8-11H2,2-5H3,(H,20,21)/t15?,16-,17-,18-,31?/m1/s1. The van der Waals surface area contributed by atoms with Gasteiger partial charge in [0, 0.05) is 25.9 Å². The molecule has 2 aliphatic rings. The van der Waals surface area contributed by atoms with Gasteiger partial charge in [-0.1, -0.05) is 18.3 Å². The van der Waals surface area contributed by atoms with E-state index in [1.165, 1.54) is 36.8 Å². The Morgan fingerprint density at radius 1 is 1.50 bits per heavy atom. The van der Waals surface area contributed by atoms with Crippen LogP contribution in [0.25, 0.3) is 0 Å². The van der Waals surface area contributed by atoms with E-state index >= 15 is 0 Å². The zero-order valence-corrected chi connectivity index (χ0v) is 20.1. The average molecular weight is 496 g/mol. The third-order valence-electron chi connectivity index (χ3n) is 4.83. The highest BCUT2D eigenvalue weighted by atomic mass is 32.2. The molecule has 0 spiro atoms. The number of ether oxygens (including phenoxy) is 1. The summed E-state index contributed by atoms with van der Waals surface area (Å²) in [6.45, 7) is 3.28. The predicted molar refractivity (Wildman–Crippen MR) is 119 cm³/mol. The maximum absolute atomic E-state index is 14.1. The highest BCUT2D eigenvalue weighted by molar-refractivity contribution is 8.13. The molecule has 0 aromatic carbocycles. The van der Waals surface area contributed by atoms with Crippen molar-refractivity contribution < 1.29 is 37.7 Å². The first-order valence-corrected chi connectivity index (χ1v) is 12.2. The zero-order valence-electron chi connectivity index (χ0n) is 18.4. The van der Waals surface area contributed by atoms with E-state index < -0.39 is 45.1 Å². The SMILES string of the molecule is C=C1NC(=NC)C=CN1[C@@H]1O[C@](CF)(COP(=O)(OCCSC(C)=O)N(C)C)[C@H](O)C1O. The number of aliphatic imine (C=N–C) groups is 1. The molecular formula is C18H30FN4O7PS. The summed E-state index contributed by atoms with van der Waals surface area (Å²) in [5.41, 5.74) is -2.00. The van der Waals surface area contributed by atoms with Crippen molar-refractivity contribution in [1.82, 2.24) is 14.9 Å². The van der Waals surface area contributed by atoms with Crippen molar-refractivity contribution in [2.45, 2.75) is 31.0 Å². The second kappa shape index (κ2) is 11.2. The van der Waals surface area contributed by atoms with Crippen LogP contribution in [0.15, 0.2) is 29.7 Å². The van der Waals surface area contributed by atoms with Crippen LogP contribution in [0.2, 0.25) is 0 Å². The van der Waals surface area contributed by atoms with Gasteiger partial charge in [-0.3, -0.25) is 18.8 Å². The first kappa shape index (κ1) is 26.9. The zero-order chi connectivity index (χ0) is 24.1. The summed E-state index contributed by atoms with van der Waals surface area (Å²) in [5, 5.41) is 23.9. The lowest BCUT2D eigenvalue weighted by atomic mass is 9.97. The molecule has 0 bridgehead atoms. The Bertz CT molecular complexity index is 814. The van der Waals surface area contributed by atoms with Crippen molar-refractivity contribution in [2.24, 2.45) is 4.99 Å². The summed E-state index contributed by atoms with van der Waals surface area (Å²) < 4.78 is 44.9. The van der Waals surface area contributed by atoms with Crippen LogP contribution in [0, 0.1) is 0 Å². The van der Waals surface area contributed by atoms with Gasteiger partial charge in [-0.2, -0.15) is 0 Å². The highest BCUT2D eigenvalue weighted by Gasteiger charge is 2.57. The lowest BCUT2D eigenvalue weighted by Gasteiger charge is -2.35. The normalized spacial score (nSPS) is 31.2. The summed E-state index contributed by atoms with van der Waals surface area (Å²) in [7, 11) is 0.593. The van der Waals surface area contributed by atoms with Crippen LogP contribution in [-0.2, 0) is 23.1 Å². The second-order valence-corrected chi connectivity index (χ2v) is 10.8. The summed E-state index contributed by atoms with van der Waals surface area (Å²) in [6.07, 6.45) is -1.29. The molecule has 182 valence electrons. The minimum Gasteiger partial charge on any atom is -0.387 e. The Morgan fingerprint density at radius 2 is 2.19 bits per heavy atom. The van der Waals surface area contributed by atoms with E-state index in [-0.39, 0.29) is 17.5 Å². The van der Waals surface area contributed by atoms with E-state index in [2.05, 4.69) is 16.9 Å². The van der Waals surface area contributed by atoms with Crippen LogP contribution in [0.4, 0.5) is 4.39 Å². The highest BCUT2D eigenvalue weighted by Crippen LogP contribution is 2.51. The van der Waals surface area contributed by atoms with Crippen molar-refractivity contribution in [3.63, 3.8) is 0 Å². The average Bonchev–Trinajstić information content (AvgIpc) is 3.00. The molecule has 5 atom stereocenters. The summed E-state index contributed by atoms with van der Waals surface area (Å²) in [6, 6.07) is 0. The molecule has 3 N–H and O–H groups in total. The first-order valence-electron chi connectivity index (χ1n) is 9.69. The number of rotatable bonds is 10. The molecular weight excluding hydrogens is 466 g/mol. The van der Waals surface area contributed by atoms with Gasteiger partial charge >= 0.3 is 7.75 Å². The lowest BCUT2D eigenvalue weighted by molar-refractivity contribution is -0.141. The smallest absolute Gasteiger partial charge is 0.387 e. The van der Waals surface area contributed by atoms with Crippen molar-refractivity contribution in [3.8, 4) is 0 Å². The lowest BCUT2D eigenvalue weighted by Crippen LogP contribution is -2.49. The number of aliphatic hydroxyl groups is 2. The van der Waals surface area contributed by atoms with Crippen molar-refractivity contribution in [2.75, 3.05) is 46.8 Å². The van der Waals surface area contributed by atoms with Crippen LogP contribution < -0.4 is 5.32 Å². The largest absolute Gasteiger partial charge is 0.407 e. The number of amidine groups is 1. The molecule has 1 saturated heterocycles. The van der Waals surface area contributed by atoms with Gasteiger partial charge in [0.15, 0.2) is 16.9 Å². The van der Waals surface area contributed by atoms with Gasteiger partial charge in [-0.15, -0.1) is 0 Å². The number of halogens is 1. The monoisotopic (exact) mass is 496 g/mol. The number of nitrogens with zero attached hydrogens (tertiary/aromatic N) is 3. The molecule has 2 heterocycles. The number of carbonyl (C=O) groups excluding carboxylic acids is 1. The molecule has 11 nitrogen and oxygen atoms in total. The van der Waals surface area contributed by atoms with Crippen LogP contribution in [-0.4, -0.2) is 102 Å². The van der Waals surface area contributed by atoms with Crippen LogP contribution in [0.5, 0.6) is 0 Å². The van der Waals surface area contributed by atoms with Gasteiger partial charge in [0.05, 0.1) is 13.2 Å². The predicted octanol–water partition coefficient (Wildman–Crippen LogP) is 0.674. The van der Waals surface area contributed by atoms with Crippen LogP contribution in [0.1, 0.15) is 6.92 Å². The summed E-state index contributed by atoms with van der Waals surface area (Å²) >= 11 is 0.998. The van der Waals surface area contributed by atoms with E-state index in [9.17, 15) is 24.0 Å². The van der Waals surface area contributed by atoms with Gasteiger partial charge in [-0.05, 0) is 20.2 Å². The molecule has 0 saturated carbocycles. The third-order valence-corrected chi connectivity index (χ3v) is 7.55. The number of hydrogen-bond acceptors (Lipinski definition) is 10. The Balaban J connectivity index is 2.13. The molecule has 14 heteroatoms. The summed E-state index contributed by atoms with van der Waals surface area (Å²) in [5.74, 6) is 1.07. The molecule has 1 fully saturated rings. The maximum atomic E-state index is 14.1. The van der Waals surface area contributed by atoms with Crippen LogP contribution in [0.3, 0.4) is 0 Å². The fourth-order valence-electron chi connectivity index (χ4n) is 3.00. The molecule has 2 aliphatic heterocycles. The molecule has 0 aromatic heterocycles. The number of alkyl halides is 1. The van der Waals surface area contributed by atoms with Gasteiger partial charge in [0.1, 0.15) is 30.5 Å². The van der Waals surface area contributed by atoms with Gasteiger partial charge in [0.2, 0.25) is 0 Å². The summed E-state index contributed by atoms with van der Waals surface area (Å²) in [4.78, 5) is 16.4. The third kappa shape index (κ3) is 5.97. The Labute approximate surface area is 190 Å². The van der Waals surface area contributed by atoms with Gasteiger partial charge in [0.25, 0.3) is 0 Å². The molecule has 0 radical (unpaired) electrons. The Hall–Kier alpha value is -1.31. The topological polar surface area (TPSA) is 133 Å². The first-order chi connectivity index (χ1) is 15.0. The van der Waals surface area contributed by atoms with E-state index in [0.717, 1.165) is 11.8 Å².